The number of aromatic nitrogens is 1. The summed E-state index contributed by atoms with van der Waals surface area (Å²) in [7, 11) is 0. The maximum atomic E-state index is 12.2. The van der Waals surface area contributed by atoms with Crippen LogP contribution in [0.5, 0.6) is 0 Å². The molecule has 1 aliphatic heterocycles. The van der Waals surface area contributed by atoms with E-state index in [9.17, 15) is 4.79 Å². The quantitative estimate of drug-likeness (QED) is 0.894. The second-order valence-corrected chi connectivity index (χ2v) is 7.64. The van der Waals surface area contributed by atoms with Crippen molar-refractivity contribution in [3.05, 3.63) is 34.4 Å². The summed E-state index contributed by atoms with van der Waals surface area (Å²) in [5.41, 5.74) is 2.20. The second kappa shape index (κ2) is 6.44. The number of fused-ring (bicyclic) bond motifs is 1. The Morgan fingerprint density at radius 2 is 2.29 bits per heavy atom. The molecule has 3 rings (SSSR count). The van der Waals surface area contributed by atoms with Gasteiger partial charge in [0, 0.05) is 32.9 Å². The van der Waals surface area contributed by atoms with Gasteiger partial charge in [-0.1, -0.05) is 18.2 Å². The molecule has 1 aromatic carbocycles. The third-order valence-electron chi connectivity index (χ3n) is 4.01. The zero-order chi connectivity index (χ0) is 14.8. The van der Waals surface area contributed by atoms with Gasteiger partial charge in [0.15, 0.2) is 0 Å². The molecule has 2 heterocycles. The van der Waals surface area contributed by atoms with Gasteiger partial charge in [0.25, 0.3) is 0 Å². The van der Waals surface area contributed by atoms with Crippen LogP contribution in [0, 0.1) is 6.92 Å². The van der Waals surface area contributed by atoms with Crippen LogP contribution < -0.4 is 5.32 Å². The van der Waals surface area contributed by atoms with Gasteiger partial charge in [-0.25, -0.2) is 0 Å². The van der Waals surface area contributed by atoms with Gasteiger partial charge >= 0.3 is 0 Å². The minimum Gasteiger partial charge on any atom is -0.353 e. The van der Waals surface area contributed by atoms with Gasteiger partial charge in [-0.05, 0) is 47.5 Å². The summed E-state index contributed by atoms with van der Waals surface area (Å²) in [4.78, 5) is 12.2. The minimum atomic E-state index is 0.0962. The number of nitrogens with zero attached hydrogens (tertiary/aromatic N) is 1. The Morgan fingerprint density at radius 1 is 1.48 bits per heavy atom. The summed E-state index contributed by atoms with van der Waals surface area (Å²) < 4.78 is 3.16. The predicted molar refractivity (Wildman–Crippen MR) is 92.9 cm³/mol. The van der Waals surface area contributed by atoms with E-state index in [4.69, 9.17) is 0 Å². The number of carbonyl (C=O) groups is 1. The van der Waals surface area contributed by atoms with Crippen LogP contribution in [-0.4, -0.2) is 28.0 Å². The lowest BCUT2D eigenvalue weighted by Crippen LogP contribution is -2.32. The van der Waals surface area contributed by atoms with Crippen LogP contribution in [0.1, 0.15) is 18.5 Å². The number of benzene rings is 1. The average Bonchev–Trinajstić information content (AvgIpc) is 3.09. The molecule has 0 radical (unpaired) electrons. The molecular weight excluding hydrogens is 348 g/mol. The Morgan fingerprint density at radius 3 is 3.05 bits per heavy atom. The first-order valence-electron chi connectivity index (χ1n) is 7.28. The standard InChI is InChI=1S/C16H19BrN2OS/c1-11-16(17)13-6-2-3-7-14(13)19(11)10-15(20)18-9-12-5-4-8-21-12/h2-3,6-7,12H,4-5,8-10H2,1H3,(H,18,20)/t12-/m1/s1. The second-order valence-electron chi connectivity index (χ2n) is 5.44. The molecule has 3 nitrogen and oxygen atoms in total. The largest absolute Gasteiger partial charge is 0.353 e. The lowest BCUT2D eigenvalue weighted by atomic mass is 10.2. The van der Waals surface area contributed by atoms with E-state index < -0.39 is 0 Å². The molecule has 0 spiro atoms. The fraction of sp³-hybridized carbons (Fsp3) is 0.438. The summed E-state index contributed by atoms with van der Waals surface area (Å²) >= 11 is 5.60. The van der Waals surface area contributed by atoms with E-state index in [-0.39, 0.29) is 5.91 Å². The monoisotopic (exact) mass is 366 g/mol. The van der Waals surface area contributed by atoms with Crippen molar-refractivity contribution in [3.8, 4) is 0 Å². The maximum Gasteiger partial charge on any atom is 0.239 e. The normalized spacial score (nSPS) is 18.3. The number of thioether (sulfide) groups is 1. The van der Waals surface area contributed by atoms with Crippen molar-refractivity contribution in [2.75, 3.05) is 12.3 Å². The van der Waals surface area contributed by atoms with E-state index in [2.05, 4.69) is 37.9 Å². The highest BCUT2D eigenvalue weighted by Gasteiger charge is 2.17. The molecule has 1 N–H and O–H groups in total. The Balaban J connectivity index is 1.72. The van der Waals surface area contributed by atoms with Crippen LogP contribution in [0.3, 0.4) is 0 Å². The summed E-state index contributed by atoms with van der Waals surface area (Å²) in [5, 5.41) is 4.84. The predicted octanol–water partition coefficient (Wildman–Crippen LogP) is 3.72. The van der Waals surface area contributed by atoms with Crippen molar-refractivity contribution in [1.29, 1.82) is 0 Å². The Bertz CT molecular complexity index is 662. The number of para-hydroxylation sites is 1. The van der Waals surface area contributed by atoms with Crippen molar-refractivity contribution in [1.82, 2.24) is 9.88 Å². The first kappa shape index (κ1) is 15.0. The molecule has 21 heavy (non-hydrogen) atoms. The number of carbonyl (C=O) groups excluding carboxylic acids is 1. The SMILES string of the molecule is Cc1c(Br)c2ccccc2n1CC(=O)NC[C@H]1CCCS1. The molecule has 1 atom stereocenters. The van der Waals surface area contributed by atoms with Crippen molar-refractivity contribution in [2.24, 2.45) is 0 Å². The molecule has 0 aliphatic carbocycles. The van der Waals surface area contributed by atoms with Gasteiger partial charge in [-0.3, -0.25) is 4.79 Å². The molecule has 2 aromatic rings. The lowest BCUT2D eigenvalue weighted by Gasteiger charge is -2.12. The van der Waals surface area contributed by atoms with E-state index in [1.807, 2.05) is 30.8 Å². The fourth-order valence-electron chi connectivity index (χ4n) is 2.82. The molecule has 1 aliphatic rings. The molecule has 112 valence electrons. The van der Waals surface area contributed by atoms with Crippen molar-refractivity contribution >= 4 is 44.5 Å². The first-order chi connectivity index (χ1) is 10.2. The zero-order valence-electron chi connectivity index (χ0n) is 12.1. The van der Waals surface area contributed by atoms with Crippen molar-refractivity contribution in [3.63, 3.8) is 0 Å². The number of rotatable bonds is 4. The molecule has 1 saturated heterocycles. The van der Waals surface area contributed by atoms with Crippen LogP contribution >= 0.6 is 27.7 Å². The summed E-state index contributed by atoms with van der Waals surface area (Å²) in [6.45, 7) is 3.22. The van der Waals surface area contributed by atoms with E-state index in [1.54, 1.807) is 0 Å². The molecule has 1 fully saturated rings. The number of nitrogens with one attached hydrogen (secondary N) is 1. The van der Waals surface area contributed by atoms with Gasteiger partial charge in [0.05, 0.1) is 0 Å². The Kier molecular flexibility index (Phi) is 4.60. The van der Waals surface area contributed by atoms with Crippen LogP contribution in [0.4, 0.5) is 0 Å². The van der Waals surface area contributed by atoms with Gasteiger partial charge in [-0.15, -0.1) is 0 Å². The van der Waals surface area contributed by atoms with Crippen molar-refractivity contribution in [2.45, 2.75) is 31.6 Å². The smallest absolute Gasteiger partial charge is 0.239 e. The van der Waals surface area contributed by atoms with Gasteiger partial charge in [0.1, 0.15) is 6.54 Å². The molecule has 5 heteroatoms. The van der Waals surface area contributed by atoms with Crippen LogP contribution in [0.15, 0.2) is 28.7 Å². The summed E-state index contributed by atoms with van der Waals surface area (Å²) in [6.07, 6.45) is 2.50. The molecule has 0 bridgehead atoms. The topological polar surface area (TPSA) is 34.0 Å². The highest BCUT2D eigenvalue weighted by molar-refractivity contribution is 9.10. The highest BCUT2D eigenvalue weighted by atomic mass is 79.9. The van der Waals surface area contributed by atoms with Gasteiger partial charge < -0.3 is 9.88 Å². The maximum absolute atomic E-state index is 12.2. The number of hydrogen-bond donors (Lipinski definition) is 1. The molecule has 1 amide bonds. The minimum absolute atomic E-state index is 0.0962. The molecular formula is C16H19BrN2OS. The van der Waals surface area contributed by atoms with E-state index in [0.29, 0.717) is 11.8 Å². The lowest BCUT2D eigenvalue weighted by molar-refractivity contribution is -0.121. The van der Waals surface area contributed by atoms with Gasteiger partial charge in [0.2, 0.25) is 5.91 Å². The highest BCUT2D eigenvalue weighted by Crippen LogP contribution is 2.30. The third kappa shape index (κ3) is 3.14. The van der Waals surface area contributed by atoms with Crippen LogP contribution in [0.2, 0.25) is 0 Å². The van der Waals surface area contributed by atoms with Gasteiger partial charge in [-0.2, -0.15) is 11.8 Å². The third-order valence-corrected chi connectivity index (χ3v) is 6.41. The fourth-order valence-corrected chi connectivity index (χ4v) is 4.58. The van der Waals surface area contributed by atoms with Crippen molar-refractivity contribution < 1.29 is 4.79 Å². The summed E-state index contributed by atoms with van der Waals surface area (Å²) in [6, 6.07) is 8.18. The van der Waals surface area contributed by atoms with E-state index in [1.165, 1.54) is 18.6 Å². The molecule has 0 unspecified atom stereocenters. The Hall–Kier alpha value is -0.940. The number of amides is 1. The van der Waals surface area contributed by atoms with Crippen LogP contribution in [-0.2, 0) is 11.3 Å². The number of halogens is 1. The first-order valence-corrected chi connectivity index (χ1v) is 9.12. The Labute approximate surface area is 137 Å². The van der Waals surface area contributed by atoms with E-state index in [0.717, 1.165) is 27.6 Å². The molecule has 1 aromatic heterocycles. The zero-order valence-corrected chi connectivity index (χ0v) is 14.5. The van der Waals surface area contributed by atoms with Crippen LogP contribution in [0.25, 0.3) is 10.9 Å². The summed E-state index contributed by atoms with van der Waals surface area (Å²) in [5.74, 6) is 1.33. The number of hydrogen-bond acceptors (Lipinski definition) is 2. The molecule has 0 saturated carbocycles. The van der Waals surface area contributed by atoms with E-state index >= 15 is 0 Å². The average molecular weight is 367 g/mol.